The van der Waals surface area contributed by atoms with Crippen molar-refractivity contribution in [2.75, 3.05) is 0 Å². The summed E-state index contributed by atoms with van der Waals surface area (Å²) in [7, 11) is 0. The van der Waals surface area contributed by atoms with Crippen LogP contribution in [0.25, 0.3) is 21.8 Å². The predicted molar refractivity (Wildman–Crippen MR) is 83.0 cm³/mol. The van der Waals surface area contributed by atoms with Crippen molar-refractivity contribution in [2.45, 2.75) is 20.3 Å². The summed E-state index contributed by atoms with van der Waals surface area (Å²) >= 11 is 0. The average molecular weight is 439 g/mol. The summed E-state index contributed by atoms with van der Waals surface area (Å²) in [4.78, 5) is 28.7. The number of carbonyl (C=O) groups is 2. The smallest absolute Gasteiger partial charge is 0.137 e. The molecule has 3 aromatic rings. The fourth-order valence-corrected chi connectivity index (χ4v) is 2.05. The Morgan fingerprint density at radius 1 is 0.909 bits per heavy atom. The van der Waals surface area contributed by atoms with Crippen LogP contribution in [0.15, 0.2) is 48.8 Å². The maximum Gasteiger partial charge on any atom is 0.137 e. The number of rotatable bonds is 2. The van der Waals surface area contributed by atoms with Crippen LogP contribution in [0.1, 0.15) is 20.3 Å². The Labute approximate surface area is 159 Å². The van der Waals surface area contributed by atoms with Crippen LogP contribution in [-0.4, -0.2) is 21.5 Å². The summed E-state index contributed by atoms with van der Waals surface area (Å²) in [6.07, 6.45) is 3.70. The number of ketones is 2. The molecule has 0 aliphatic heterocycles. The molecule has 3 rings (SSSR count). The van der Waals surface area contributed by atoms with E-state index < -0.39 is 0 Å². The molecule has 0 saturated heterocycles. The summed E-state index contributed by atoms with van der Waals surface area (Å²) in [6, 6.07) is 12.1. The van der Waals surface area contributed by atoms with E-state index in [1.807, 2.05) is 24.4 Å². The molecule has 0 atom stereocenters. The molecular weight excluding hydrogens is 423 g/mol. The van der Waals surface area contributed by atoms with Crippen molar-refractivity contribution in [1.82, 2.24) is 9.97 Å². The Kier molecular flexibility index (Phi) is 7.61. The van der Waals surface area contributed by atoms with Crippen LogP contribution in [0.4, 0.5) is 0 Å². The van der Waals surface area contributed by atoms with Gasteiger partial charge in [0.15, 0.2) is 0 Å². The summed E-state index contributed by atoms with van der Waals surface area (Å²) in [5, 5.41) is 2.28. The molecule has 0 saturated carbocycles. The van der Waals surface area contributed by atoms with Crippen LogP contribution in [-0.2, 0) is 9.59 Å². The second kappa shape index (κ2) is 8.95. The summed E-state index contributed by atoms with van der Waals surface area (Å²) in [5.74, 6) is -0.125. The fraction of sp³-hybridized carbons (Fsp3) is 0.176. The largest absolute Gasteiger partial charge is 0.300 e. The number of hydrogen-bond acceptors (Lipinski definition) is 4. The zero-order valence-corrected chi connectivity index (χ0v) is 14.5. The molecule has 0 aliphatic rings. The molecule has 0 amide bonds. The van der Waals surface area contributed by atoms with Crippen molar-refractivity contribution in [3.05, 3.63) is 48.8 Å². The fourth-order valence-electron chi connectivity index (χ4n) is 2.05. The molecule has 0 fully saturated rings. The van der Waals surface area contributed by atoms with Crippen LogP contribution < -0.4 is 0 Å². The van der Waals surface area contributed by atoms with Gasteiger partial charge in [0.05, 0.1) is 17.5 Å². The van der Waals surface area contributed by atoms with Crippen LogP contribution in [0.3, 0.4) is 0 Å². The topological polar surface area (TPSA) is 59.9 Å². The molecular formula is C17H16N2O2Tb. The number of benzene rings is 1. The first-order chi connectivity index (χ1) is 10.1. The van der Waals surface area contributed by atoms with Crippen molar-refractivity contribution < 1.29 is 48.2 Å². The third kappa shape index (κ3) is 5.14. The van der Waals surface area contributed by atoms with Gasteiger partial charge in [0, 0.05) is 61.8 Å². The van der Waals surface area contributed by atoms with Gasteiger partial charge in [-0.3, -0.25) is 19.6 Å². The minimum Gasteiger partial charge on any atom is -0.300 e. The first-order valence-electron chi connectivity index (χ1n) is 6.65. The molecule has 2 heterocycles. The third-order valence-corrected chi connectivity index (χ3v) is 2.85. The van der Waals surface area contributed by atoms with Gasteiger partial charge in [0.1, 0.15) is 11.6 Å². The molecule has 1 aromatic carbocycles. The Hall–Kier alpha value is -1.33. The second-order valence-electron chi connectivity index (χ2n) is 4.79. The van der Waals surface area contributed by atoms with Gasteiger partial charge >= 0.3 is 0 Å². The van der Waals surface area contributed by atoms with Gasteiger partial charge in [-0.2, -0.15) is 0 Å². The molecule has 0 spiro atoms. The molecule has 4 nitrogen and oxygen atoms in total. The average Bonchev–Trinajstić information content (AvgIpc) is 2.46. The van der Waals surface area contributed by atoms with Gasteiger partial charge in [-0.15, -0.1) is 0 Å². The van der Waals surface area contributed by atoms with E-state index in [2.05, 4.69) is 28.2 Å². The maximum absolute atomic E-state index is 10.0. The van der Waals surface area contributed by atoms with Crippen molar-refractivity contribution in [3.8, 4) is 0 Å². The monoisotopic (exact) mass is 439 g/mol. The quantitative estimate of drug-likeness (QED) is 0.454. The van der Waals surface area contributed by atoms with Gasteiger partial charge in [-0.25, -0.2) is 0 Å². The predicted octanol–water partition coefficient (Wildman–Crippen LogP) is 3.34. The minimum absolute atomic E-state index is 0. The van der Waals surface area contributed by atoms with E-state index in [9.17, 15) is 9.59 Å². The van der Waals surface area contributed by atoms with Crippen LogP contribution in [0, 0.1) is 38.6 Å². The number of fused-ring (bicyclic) bond motifs is 3. The molecule has 5 heteroatoms. The molecule has 0 aliphatic carbocycles. The molecule has 2 aromatic heterocycles. The second-order valence-corrected chi connectivity index (χ2v) is 4.79. The number of aromatic nitrogens is 2. The van der Waals surface area contributed by atoms with Gasteiger partial charge in [0.2, 0.25) is 0 Å². The number of pyridine rings is 2. The van der Waals surface area contributed by atoms with Gasteiger partial charge < -0.3 is 0 Å². The third-order valence-electron chi connectivity index (χ3n) is 2.85. The van der Waals surface area contributed by atoms with E-state index in [1.165, 1.54) is 13.8 Å². The molecule has 22 heavy (non-hydrogen) atoms. The summed E-state index contributed by atoms with van der Waals surface area (Å²) in [5.41, 5.74) is 2.02. The van der Waals surface area contributed by atoms with Crippen LogP contribution in [0.5, 0.6) is 0 Å². The van der Waals surface area contributed by atoms with E-state index in [0.717, 1.165) is 21.8 Å². The maximum atomic E-state index is 10.0. The standard InChI is InChI=1S/C12H8N2.C5H8O2.Tb/c1-3-9-5-6-11-10(4-2-7-13-11)12(9)14-8-1;1-4(6)3-5(2)7;/h1-8H;3H2,1-2H3;. The molecule has 115 valence electrons. The van der Waals surface area contributed by atoms with E-state index >= 15 is 0 Å². The Morgan fingerprint density at radius 2 is 1.55 bits per heavy atom. The first kappa shape index (κ1) is 18.7. The zero-order chi connectivity index (χ0) is 15.2. The molecule has 0 N–H and O–H groups in total. The summed E-state index contributed by atoms with van der Waals surface area (Å²) in [6.45, 7) is 2.81. The zero-order valence-electron chi connectivity index (χ0n) is 12.4. The number of nitrogens with zero attached hydrogens (tertiary/aromatic N) is 2. The van der Waals surface area contributed by atoms with E-state index in [-0.39, 0.29) is 56.6 Å². The van der Waals surface area contributed by atoms with Crippen molar-refractivity contribution >= 4 is 33.4 Å². The normalized spacial score (nSPS) is 9.55. The van der Waals surface area contributed by atoms with Gasteiger partial charge in [-0.1, -0.05) is 12.1 Å². The SMILES string of the molecule is CC(=O)CC(C)=O.[Tb].c1cnc2c(c1)ccc1ncccc12. The van der Waals surface area contributed by atoms with Crippen molar-refractivity contribution in [2.24, 2.45) is 0 Å². The summed E-state index contributed by atoms with van der Waals surface area (Å²) < 4.78 is 0. The molecule has 1 radical (unpaired) electrons. The van der Waals surface area contributed by atoms with Crippen molar-refractivity contribution in [1.29, 1.82) is 0 Å². The van der Waals surface area contributed by atoms with Gasteiger partial charge in [0.25, 0.3) is 0 Å². The number of carbonyl (C=O) groups excluding carboxylic acids is 2. The van der Waals surface area contributed by atoms with Crippen molar-refractivity contribution in [3.63, 3.8) is 0 Å². The number of hydrogen-bond donors (Lipinski definition) is 0. The van der Waals surface area contributed by atoms with Crippen LogP contribution in [0.2, 0.25) is 0 Å². The Morgan fingerprint density at radius 3 is 2.18 bits per heavy atom. The Bertz CT molecular complexity index is 736. The molecule has 0 bridgehead atoms. The molecule has 0 unspecified atom stereocenters. The van der Waals surface area contributed by atoms with E-state index in [4.69, 9.17) is 0 Å². The first-order valence-corrected chi connectivity index (χ1v) is 6.65. The number of Topliss-reactive ketones (excluding diaryl/α,β-unsaturated/α-hetero) is 2. The van der Waals surface area contributed by atoms with Crippen LogP contribution >= 0.6 is 0 Å². The Balaban J connectivity index is 0.000000264. The minimum atomic E-state index is -0.0625. The van der Waals surface area contributed by atoms with E-state index in [1.54, 1.807) is 6.20 Å². The van der Waals surface area contributed by atoms with E-state index in [0.29, 0.717) is 0 Å². The van der Waals surface area contributed by atoms with Gasteiger partial charge in [-0.05, 0) is 38.1 Å².